The number of para-hydroxylation sites is 1. The van der Waals surface area contributed by atoms with Gasteiger partial charge in [-0.3, -0.25) is 4.79 Å². The monoisotopic (exact) mass is 488 g/mol. The van der Waals surface area contributed by atoms with E-state index in [9.17, 15) is 4.79 Å². The molecular formula is C29H29ClN2O3. The van der Waals surface area contributed by atoms with E-state index < -0.39 is 5.66 Å². The fourth-order valence-corrected chi connectivity index (χ4v) is 5.24. The molecule has 1 fully saturated rings. The second kappa shape index (κ2) is 8.97. The number of nitrogens with one attached hydrogen (secondary N) is 1. The lowest BCUT2D eigenvalue weighted by Crippen LogP contribution is -2.58. The smallest absolute Gasteiger partial charge is 0.241 e. The van der Waals surface area contributed by atoms with Crippen LogP contribution in [0.1, 0.15) is 37.5 Å². The van der Waals surface area contributed by atoms with E-state index in [-0.39, 0.29) is 11.3 Å². The number of ether oxygens (including phenoxy) is 2. The lowest BCUT2D eigenvalue weighted by molar-refractivity contribution is -0.118. The average molecular weight is 489 g/mol. The van der Waals surface area contributed by atoms with Crippen molar-refractivity contribution in [2.45, 2.75) is 38.5 Å². The molecule has 1 amide bonds. The number of hydrogen-bond donors (Lipinski definition) is 1. The normalized spacial score (nSPS) is 20.0. The number of fused-ring (bicyclic) bond motifs is 3. The zero-order chi connectivity index (χ0) is 24.6. The van der Waals surface area contributed by atoms with Crippen molar-refractivity contribution < 1.29 is 14.3 Å². The number of benzene rings is 3. The lowest BCUT2D eigenvalue weighted by atomic mass is 9.75. The van der Waals surface area contributed by atoms with Crippen LogP contribution in [-0.4, -0.2) is 24.7 Å². The predicted octanol–water partition coefficient (Wildman–Crippen LogP) is 5.95. The first-order chi connectivity index (χ1) is 16.8. The van der Waals surface area contributed by atoms with E-state index in [1.807, 2.05) is 55.5 Å². The van der Waals surface area contributed by atoms with Crippen molar-refractivity contribution in [3.05, 3.63) is 94.5 Å². The number of anilines is 1. The third-order valence-electron chi connectivity index (χ3n) is 6.97. The van der Waals surface area contributed by atoms with Gasteiger partial charge in [-0.15, -0.1) is 0 Å². The van der Waals surface area contributed by atoms with Crippen LogP contribution in [0.25, 0.3) is 6.08 Å². The molecule has 1 N–H and O–H groups in total. The molecule has 1 saturated heterocycles. The van der Waals surface area contributed by atoms with Gasteiger partial charge in [0.25, 0.3) is 0 Å². The molecule has 0 aromatic heterocycles. The van der Waals surface area contributed by atoms with E-state index in [4.69, 9.17) is 21.1 Å². The fourth-order valence-electron chi connectivity index (χ4n) is 5.11. The highest BCUT2D eigenvalue weighted by Gasteiger charge is 2.59. The number of carbonyl (C=O) groups is 1. The standard InChI is InChI=1S/C29H29ClN2O3/c1-4-34-26-17-20(11-14-25(26)35-19-21-9-12-22(30)13-10-21)15-16-29-28(2,3)23-7-5-6-8-24(23)32(29)18-27(33)31-29/h5-17H,4,18-19H2,1-3H3,(H,31,33). The van der Waals surface area contributed by atoms with Crippen molar-refractivity contribution in [1.29, 1.82) is 0 Å². The van der Waals surface area contributed by atoms with Gasteiger partial charge in [0.15, 0.2) is 11.5 Å². The fraction of sp³-hybridized carbons (Fsp3) is 0.276. The maximum Gasteiger partial charge on any atom is 0.241 e. The van der Waals surface area contributed by atoms with E-state index in [0.29, 0.717) is 36.3 Å². The van der Waals surface area contributed by atoms with E-state index in [2.05, 4.69) is 54.4 Å². The van der Waals surface area contributed by atoms with Crippen LogP contribution in [0.4, 0.5) is 5.69 Å². The molecule has 0 bridgehead atoms. The Balaban J connectivity index is 1.43. The third kappa shape index (κ3) is 4.04. The number of halogens is 1. The Kier molecular flexibility index (Phi) is 5.97. The summed E-state index contributed by atoms with van der Waals surface area (Å²) in [7, 11) is 0. The average Bonchev–Trinajstić information content (AvgIpc) is 3.28. The summed E-state index contributed by atoms with van der Waals surface area (Å²) in [6.45, 7) is 7.60. The highest BCUT2D eigenvalue weighted by atomic mass is 35.5. The van der Waals surface area contributed by atoms with Crippen LogP contribution >= 0.6 is 11.6 Å². The van der Waals surface area contributed by atoms with Crippen LogP contribution < -0.4 is 19.7 Å². The van der Waals surface area contributed by atoms with Gasteiger partial charge >= 0.3 is 0 Å². The zero-order valence-electron chi connectivity index (χ0n) is 20.2. The van der Waals surface area contributed by atoms with Crippen molar-refractivity contribution in [3.63, 3.8) is 0 Å². The predicted molar refractivity (Wildman–Crippen MR) is 140 cm³/mol. The van der Waals surface area contributed by atoms with Crippen molar-refractivity contribution in [1.82, 2.24) is 5.32 Å². The number of amides is 1. The summed E-state index contributed by atoms with van der Waals surface area (Å²) >= 11 is 5.98. The van der Waals surface area contributed by atoms with Crippen molar-refractivity contribution in [2.24, 2.45) is 0 Å². The number of rotatable bonds is 7. The maximum atomic E-state index is 12.5. The van der Waals surface area contributed by atoms with Crippen LogP contribution in [0.5, 0.6) is 11.5 Å². The SMILES string of the molecule is CCOc1cc(C=CC23NC(=O)CN2c2ccccc2C3(C)C)ccc1OCc1ccc(Cl)cc1. The first kappa shape index (κ1) is 23.3. The van der Waals surface area contributed by atoms with Gasteiger partial charge in [-0.2, -0.15) is 0 Å². The molecule has 3 aromatic rings. The van der Waals surface area contributed by atoms with Crippen LogP contribution in [0, 0.1) is 0 Å². The summed E-state index contributed by atoms with van der Waals surface area (Å²) in [5, 5.41) is 3.96. The van der Waals surface area contributed by atoms with Gasteiger partial charge in [-0.05, 0) is 60.0 Å². The van der Waals surface area contributed by atoms with Gasteiger partial charge in [0.2, 0.25) is 5.91 Å². The Morgan fingerprint density at radius 3 is 2.57 bits per heavy atom. The summed E-state index contributed by atoms with van der Waals surface area (Å²) < 4.78 is 11.9. The maximum absolute atomic E-state index is 12.5. The molecule has 3 aromatic carbocycles. The number of hydrogen-bond acceptors (Lipinski definition) is 4. The molecule has 0 aliphatic carbocycles. The molecule has 0 saturated carbocycles. The Morgan fingerprint density at radius 1 is 1.03 bits per heavy atom. The lowest BCUT2D eigenvalue weighted by Gasteiger charge is -2.40. The van der Waals surface area contributed by atoms with E-state index in [1.54, 1.807) is 0 Å². The van der Waals surface area contributed by atoms with E-state index in [1.165, 1.54) is 5.56 Å². The van der Waals surface area contributed by atoms with E-state index >= 15 is 0 Å². The summed E-state index contributed by atoms with van der Waals surface area (Å²) in [5.41, 5.74) is 3.38. The summed E-state index contributed by atoms with van der Waals surface area (Å²) in [6, 6.07) is 21.8. The first-order valence-corrected chi connectivity index (χ1v) is 12.2. The summed E-state index contributed by atoms with van der Waals surface area (Å²) in [5.74, 6) is 1.39. The summed E-state index contributed by atoms with van der Waals surface area (Å²) in [4.78, 5) is 14.7. The summed E-state index contributed by atoms with van der Waals surface area (Å²) in [6.07, 6.45) is 4.16. The van der Waals surface area contributed by atoms with Gasteiger partial charge in [-0.25, -0.2) is 0 Å². The molecule has 1 unspecified atom stereocenters. The zero-order valence-corrected chi connectivity index (χ0v) is 20.9. The topological polar surface area (TPSA) is 50.8 Å². The molecule has 2 aliphatic rings. The minimum Gasteiger partial charge on any atom is -0.490 e. The second-order valence-corrected chi connectivity index (χ2v) is 9.87. The van der Waals surface area contributed by atoms with Gasteiger partial charge in [-0.1, -0.05) is 67.9 Å². The third-order valence-corrected chi connectivity index (χ3v) is 7.22. The first-order valence-electron chi connectivity index (χ1n) is 11.9. The molecule has 5 rings (SSSR count). The molecular weight excluding hydrogens is 460 g/mol. The van der Waals surface area contributed by atoms with Gasteiger partial charge in [0.1, 0.15) is 12.3 Å². The molecule has 2 aliphatic heterocycles. The second-order valence-electron chi connectivity index (χ2n) is 9.43. The Morgan fingerprint density at radius 2 is 1.80 bits per heavy atom. The molecule has 2 heterocycles. The Labute approximate surface area is 211 Å². The van der Waals surface area contributed by atoms with Gasteiger partial charge in [0, 0.05) is 16.1 Å². The van der Waals surface area contributed by atoms with Crippen LogP contribution in [0.15, 0.2) is 72.8 Å². The molecule has 1 atom stereocenters. The van der Waals surface area contributed by atoms with Crippen LogP contribution in [0.3, 0.4) is 0 Å². The highest BCUT2D eigenvalue weighted by molar-refractivity contribution is 6.30. The van der Waals surface area contributed by atoms with Crippen LogP contribution in [-0.2, 0) is 16.8 Å². The minimum atomic E-state index is -0.636. The largest absolute Gasteiger partial charge is 0.490 e. The van der Waals surface area contributed by atoms with E-state index in [0.717, 1.165) is 16.8 Å². The molecule has 5 nitrogen and oxygen atoms in total. The number of carbonyl (C=O) groups excluding carboxylic acids is 1. The van der Waals surface area contributed by atoms with Crippen molar-refractivity contribution >= 4 is 29.3 Å². The van der Waals surface area contributed by atoms with Crippen molar-refractivity contribution in [2.75, 3.05) is 18.1 Å². The number of nitrogens with zero attached hydrogens (tertiary/aromatic N) is 1. The van der Waals surface area contributed by atoms with Gasteiger partial charge < -0.3 is 19.7 Å². The molecule has 0 spiro atoms. The van der Waals surface area contributed by atoms with Crippen LogP contribution in [0.2, 0.25) is 5.02 Å². The molecule has 0 radical (unpaired) electrons. The quantitative estimate of drug-likeness (QED) is 0.446. The minimum absolute atomic E-state index is 0.0261. The molecule has 180 valence electrons. The van der Waals surface area contributed by atoms with Crippen molar-refractivity contribution in [3.8, 4) is 11.5 Å². The van der Waals surface area contributed by atoms with Gasteiger partial charge in [0.05, 0.1) is 13.2 Å². The molecule has 6 heteroatoms. The highest BCUT2D eigenvalue weighted by Crippen LogP contribution is 2.52. The molecule has 35 heavy (non-hydrogen) atoms. The Hall–Kier alpha value is -3.44. The Bertz CT molecular complexity index is 1290.